The number of nitrogens with one attached hydrogen (secondary N) is 1. The number of hydrogen-bond acceptors (Lipinski definition) is 4. The molecule has 2 aromatic rings. The number of hydrogen-bond donors (Lipinski definition) is 1. The minimum Gasteiger partial charge on any atom is -0.357 e. The van der Waals surface area contributed by atoms with Gasteiger partial charge in [-0.15, -0.1) is 0 Å². The molecule has 23 heavy (non-hydrogen) atoms. The zero-order valence-corrected chi connectivity index (χ0v) is 14.1. The summed E-state index contributed by atoms with van der Waals surface area (Å²) in [6.07, 6.45) is 7.48. The molecule has 0 saturated carbocycles. The topological polar surface area (TPSA) is 45.2 Å². The molecule has 0 aromatic carbocycles. The van der Waals surface area contributed by atoms with E-state index >= 15 is 0 Å². The van der Waals surface area contributed by atoms with Crippen LogP contribution < -0.4 is 10.2 Å². The first-order valence-corrected chi connectivity index (χ1v) is 9.23. The van der Waals surface area contributed by atoms with Crippen LogP contribution in [-0.4, -0.2) is 24.0 Å². The van der Waals surface area contributed by atoms with Gasteiger partial charge in [-0.05, 0) is 46.9 Å². The highest BCUT2D eigenvalue weighted by atomic mass is 32.1. The Morgan fingerprint density at radius 1 is 1.13 bits per heavy atom. The van der Waals surface area contributed by atoms with Crippen molar-refractivity contribution in [3.8, 4) is 0 Å². The van der Waals surface area contributed by atoms with E-state index in [-0.39, 0.29) is 5.91 Å². The summed E-state index contributed by atoms with van der Waals surface area (Å²) in [5, 5.41) is 6.96. The average Bonchev–Trinajstić information content (AvgIpc) is 2.93. The lowest BCUT2D eigenvalue weighted by atomic mass is 10.2. The molecule has 122 valence electrons. The lowest BCUT2D eigenvalue weighted by Crippen LogP contribution is -2.26. The number of amides is 1. The van der Waals surface area contributed by atoms with E-state index in [1.807, 2.05) is 23.0 Å². The van der Waals surface area contributed by atoms with Crippen LogP contribution in [0.25, 0.3) is 0 Å². The Morgan fingerprint density at radius 3 is 2.61 bits per heavy atom. The second-order valence-corrected chi connectivity index (χ2v) is 6.79. The van der Waals surface area contributed by atoms with Gasteiger partial charge in [0, 0.05) is 25.8 Å². The van der Waals surface area contributed by atoms with Gasteiger partial charge in [0.05, 0.1) is 6.42 Å². The third-order valence-corrected chi connectivity index (χ3v) is 4.91. The lowest BCUT2D eigenvalue weighted by molar-refractivity contribution is -0.120. The summed E-state index contributed by atoms with van der Waals surface area (Å²) in [7, 11) is 0. The number of nitrogens with zero attached hydrogens (tertiary/aromatic N) is 2. The second-order valence-electron chi connectivity index (χ2n) is 6.01. The van der Waals surface area contributed by atoms with E-state index in [9.17, 15) is 4.79 Å². The van der Waals surface area contributed by atoms with Crippen molar-refractivity contribution in [3.63, 3.8) is 0 Å². The lowest BCUT2D eigenvalue weighted by Gasteiger charge is -2.21. The largest absolute Gasteiger partial charge is 0.357 e. The Hall–Kier alpha value is -1.88. The zero-order valence-electron chi connectivity index (χ0n) is 13.3. The van der Waals surface area contributed by atoms with Crippen LogP contribution in [0.3, 0.4) is 0 Å². The van der Waals surface area contributed by atoms with Crippen LogP contribution in [0.2, 0.25) is 0 Å². The Balaban J connectivity index is 1.50. The number of carbonyl (C=O) groups is 1. The highest BCUT2D eigenvalue weighted by Crippen LogP contribution is 2.17. The van der Waals surface area contributed by atoms with Crippen LogP contribution in [0.4, 0.5) is 5.82 Å². The van der Waals surface area contributed by atoms with Gasteiger partial charge in [0.15, 0.2) is 0 Å². The fourth-order valence-electron chi connectivity index (χ4n) is 2.85. The first-order valence-electron chi connectivity index (χ1n) is 8.29. The first kappa shape index (κ1) is 16.0. The predicted molar refractivity (Wildman–Crippen MR) is 94.8 cm³/mol. The fourth-order valence-corrected chi connectivity index (χ4v) is 3.52. The summed E-state index contributed by atoms with van der Waals surface area (Å²) in [6, 6.07) is 6.13. The van der Waals surface area contributed by atoms with Gasteiger partial charge in [-0.3, -0.25) is 4.79 Å². The van der Waals surface area contributed by atoms with Crippen LogP contribution in [0.15, 0.2) is 35.2 Å². The zero-order chi connectivity index (χ0) is 15.9. The molecular weight excluding hydrogens is 306 g/mol. The van der Waals surface area contributed by atoms with E-state index in [2.05, 4.69) is 27.3 Å². The van der Waals surface area contributed by atoms with Gasteiger partial charge < -0.3 is 10.2 Å². The molecule has 1 amide bonds. The number of thiophene rings is 1. The van der Waals surface area contributed by atoms with E-state index < -0.39 is 0 Å². The number of aromatic nitrogens is 1. The van der Waals surface area contributed by atoms with Gasteiger partial charge in [0.2, 0.25) is 5.91 Å². The van der Waals surface area contributed by atoms with E-state index in [4.69, 9.17) is 0 Å². The van der Waals surface area contributed by atoms with Gasteiger partial charge in [-0.25, -0.2) is 4.98 Å². The summed E-state index contributed by atoms with van der Waals surface area (Å²) >= 11 is 1.62. The van der Waals surface area contributed by atoms with Crippen LogP contribution in [0, 0.1) is 0 Å². The van der Waals surface area contributed by atoms with Crippen LogP contribution in [0.5, 0.6) is 0 Å². The minimum absolute atomic E-state index is 0.0556. The molecule has 1 saturated heterocycles. The van der Waals surface area contributed by atoms with Crippen molar-refractivity contribution in [1.82, 2.24) is 10.3 Å². The van der Waals surface area contributed by atoms with Gasteiger partial charge in [-0.2, -0.15) is 11.3 Å². The molecule has 4 nitrogen and oxygen atoms in total. The van der Waals surface area contributed by atoms with Crippen LogP contribution in [-0.2, 0) is 17.8 Å². The minimum atomic E-state index is 0.0556. The molecule has 0 radical (unpaired) electrons. The van der Waals surface area contributed by atoms with Crippen molar-refractivity contribution in [2.45, 2.75) is 38.6 Å². The molecule has 0 bridgehead atoms. The molecule has 0 aliphatic carbocycles. The molecule has 0 spiro atoms. The number of carbonyl (C=O) groups excluding carboxylic acids is 1. The highest BCUT2D eigenvalue weighted by Gasteiger charge is 2.11. The molecule has 3 rings (SSSR count). The van der Waals surface area contributed by atoms with E-state index in [0.29, 0.717) is 13.0 Å². The van der Waals surface area contributed by atoms with Crippen LogP contribution in [0.1, 0.15) is 36.8 Å². The average molecular weight is 329 g/mol. The van der Waals surface area contributed by atoms with Gasteiger partial charge in [-0.1, -0.05) is 18.9 Å². The molecule has 1 N–H and O–H groups in total. The molecule has 5 heteroatoms. The SMILES string of the molecule is O=C(Cc1ccsc1)NCc1ccc(N2CCCCCC2)nc1. The van der Waals surface area contributed by atoms with Crippen molar-refractivity contribution < 1.29 is 4.79 Å². The number of anilines is 1. The summed E-state index contributed by atoms with van der Waals surface area (Å²) in [5.74, 6) is 1.11. The van der Waals surface area contributed by atoms with Gasteiger partial charge in [0.25, 0.3) is 0 Å². The van der Waals surface area contributed by atoms with Crippen molar-refractivity contribution in [1.29, 1.82) is 0 Å². The molecular formula is C18H23N3OS. The molecule has 3 heterocycles. The third-order valence-electron chi connectivity index (χ3n) is 4.17. The van der Waals surface area contributed by atoms with E-state index in [0.717, 1.165) is 30.0 Å². The first-order chi connectivity index (χ1) is 11.3. The summed E-state index contributed by atoms with van der Waals surface area (Å²) in [4.78, 5) is 18.8. The highest BCUT2D eigenvalue weighted by molar-refractivity contribution is 7.07. The maximum absolute atomic E-state index is 11.9. The molecule has 0 unspecified atom stereocenters. The summed E-state index contributed by atoms with van der Waals surface area (Å²) < 4.78 is 0. The molecule has 0 atom stereocenters. The normalized spacial score (nSPS) is 15.2. The van der Waals surface area contributed by atoms with Crippen LogP contribution >= 0.6 is 11.3 Å². The molecule has 1 aliphatic heterocycles. The Kier molecular flexibility index (Phi) is 5.64. The Bertz CT molecular complexity index is 602. The van der Waals surface area contributed by atoms with Crippen molar-refractivity contribution in [2.24, 2.45) is 0 Å². The quantitative estimate of drug-likeness (QED) is 0.914. The standard InChI is InChI=1S/C18H23N3OS/c22-18(11-15-7-10-23-14-15)20-13-16-5-6-17(19-12-16)21-8-3-1-2-4-9-21/h5-7,10,12,14H,1-4,8-9,11,13H2,(H,20,22). The molecule has 1 aliphatic rings. The second kappa shape index (κ2) is 8.11. The summed E-state index contributed by atoms with van der Waals surface area (Å²) in [5.41, 5.74) is 2.12. The maximum atomic E-state index is 11.9. The number of pyridine rings is 1. The Labute approximate surface area is 141 Å². The Morgan fingerprint density at radius 2 is 1.96 bits per heavy atom. The number of rotatable bonds is 5. The van der Waals surface area contributed by atoms with Crippen molar-refractivity contribution >= 4 is 23.1 Å². The maximum Gasteiger partial charge on any atom is 0.224 e. The van der Waals surface area contributed by atoms with Gasteiger partial charge in [0.1, 0.15) is 5.82 Å². The monoisotopic (exact) mass is 329 g/mol. The van der Waals surface area contributed by atoms with Crippen molar-refractivity contribution in [2.75, 3.05) is 18.0 Å². The van der Waals surface area contributed by atoms with E-state index in [1.54, 1.807) is 11.3 Å². The van der Waals surface area contributed by atoms with Crippen molar-refractivity contribution in [3.05, 3.63) is 46.3 Å². The molecule has 2 aromatic heterocycles. The predicted octanol–water partition coefficient (Wildman–Crippen LogP) is 3.38. The van der Waals surface area contributed by atoms with Gasteiger partial charge >= 0.3 is 0 Å². The van der Waals surface area contributed by atoms with E-state index in [1.165, 1.54) is 25.7 Å². The fraction of sp³-hybridized carbons (Fsp3) is 0.444. The summed E-state index contributed by atoms with van der Waals surface area (Å²) in [6.45, 7) is 2.74. The molecule has 1 fully saturated rings. The smallest absolute Gasteiger partial charge is 0.224 e. The third kappa shape index (κ3) is 4.79.